The molecule has 0 heterocycles. The fraction of sp³-hybridized carbons (Fsp3) is 0.250. The lowest BCUT2D eigenvalue weighted by molar-refractivity contribution is -0.120. The quantitative estimate of drug-likeness (QED) is 0.469. The molecule has 35 heavy (non-hydrogen) atoms. The van der Waals surface area contributed by atoms with Gasteiger partial charge < -0.3 is 20.5 Å². The molecule has 0 aliphatic heterocycles. The standard InChI is InChI=1S/C28H26N2O5/c31-26(29-18-8-5-7-17(15-18)27(32)33)23-13-6-14-25(23)30-28(34)35-16-24-21-11-3-1-9-19(21)20-10-2-4-12-22(20)24/h1-5,7-12,15,23-25H,6,13-14,16H2,(H,29,31)(H,30,34)(H,32,33)/t23-,25+/m1/s1. The van der Waals surface area contributed by atoms with Gasteiger partial charge >= 0.3 is 12.1 Å². The van der Waals surface area contributed by atoms with Gasteiger partial charge in [0.25, 0.3) is 0 Å². The Morgan fingerprint density at radius 3 is 2.26 bits per heavy atom. The molecule has 5 rings (SSSR count). The van der Waals surface area contributed by atoms with Gasteiger partial charge in [-0.05, 0) is 53.3 Å². The highest BCUT2D eigenvalue weighted by Gasteiger charge is 2.35. The maximum absolute atomic E-state index is 12.9. The van der Waals surface area contributed by atoms with E-state index in [1.54, 1.807) is 12.1 Å². The number of alkyl carbamates (subject to hydrolysis) is 1. The van der Waals surface area contributed by atoms with Crippen LogP contribution >= 0.6 is 0 Å². The van der Waals surface area contributed by atoms with Crippen molar-refractivity contribution in [3.05, 3.63) is 89.5 Å². The third-order valence-electron chi connectivity index (χ3n) is 6.88. The molecule has 2 amide bonds. The van der Waals surface area contributed by atoms with Crippen LogP contribution in [0.5, 0.6) is 0 Å². The molecular weight excluding hydrogens is 444 g/mol. The Kier molecular flexibility index (Phi) is 6.23. The summed E-state index contributed by atoms with van der Waals surface area (Å²) < 4.78 is 5.64. The minimum Gasteiger partial charge on any atom is -0.478 e. The number of ether oxygens (including phenoxy) is 1. The van der Waals surface area contributed by atoms with Crippen molar-refractivity contribution in [2.45, 2.75) is 31.2 Å². The third kappa shape index (κ3) is 4.62. The van der Waals surface area contributed by atoms with Crippen LogP contribution in [-0.2, 0) is 9.53 Å². The second-order valence-corrected chi connectivity index (χ2v) is 8.99. The Morgan fingerprint density at radius 2 is 1.57 bits per heavy atom. The smallest absolute Gasteiger partial charge is 0.407 e. The van der Waals surface area contributed by atoms with Gasteiger partial charge in [-0.3, -0.25) is 4.79 Å². The van der Waals surface area contributed by atoms with Gasteiger partial charge in [0.1, 0.15) is 6.61 Å². The molecule has 7 heteroatoms. The van der Waals surface area contributed by atoms with Gasteiger partial charge in [-0.1, -0.05) is 61.0 Å². The van der Waals surface area contributed by atoms with Gasteiger partial charge in [-0.15, -0.1) is 0 Å². The number of rotatable bonds is 6. The van der Waals surface area contributed by atoms with E-state index < -0.39 is 18.0 Å². The molecule has 2 atom stereocenters. The molecule has 2 aliphatic rings. The first-order chi connectivity index (χ1) is 17.0. The van der Waals surface area contributed by atoms with E-state index >= 15 is 0 Å². The third-order valence-corrected chi connectivity index (χ3v) is 6.88. The number of aromatic carboxylic acids is 1. The average molecular weight is 471 g/mol. The van der Waals surface area contributed by atoms with E-state index in [1.807, 2.05) is 24.3 Å². The molecule has 7 nitrogen and oxygen atoms in total. The van der Waals surface area contributed by atoms with Crippen molar-refractivity contribution in [1.29, 1.82) is 0 Å². The van der Waals surface area contributed by atoms with Crippen LogP contribution in [0.4, 0.5) is 10.5 Å². The lowest BCUT2D eigenvalue weighted by atomic mass is 9.98. The second-order valence-electron chi connectivity index (χ2n) is 8.99. The predicted octanol–water partition coefficient (Wildman–Crippen LogP) is 5.03. The van der Waals surface area contributed by atoms with E-state index in [1.165, 1.54) is 12.1 Å². The molecule has 0 unspecified atom stereocenters. The van der Waals surface area contributed by atoms with E-state index in [0.717, 1.165) is 28.7 Å². The summed E-state index contributed by atoms with van der Waals surface area (Å²) in [6.45, 7) is 0.214. The van der Waals surface area contributed by atoms with Gasteiger partial charge in [0.15, 0.2) is 0 Å². The van der Waals surface area contributed by atoms with Crippen molar-refractivity contribution in [3.8, 4) is 11.1 Å². The summed E-state index contributed by atoms with van der Waals surface area (Å²) >= 11 is 0. The van der Waals surface area contributed by atoms with Gasteiger partial charge in [0.2, 0.25) is 5.91 Å². The van der Waals surface area contributed by atoms with Gasteiger partial charge in [0, 0.05) is 17.6 Å². The Bertz CT molecular complexity index is 1240. The number of carboxylic acid groups (broad SMARTS) is 1. The van der Waals surface area contributed by atoms with E-state index in [0.29, 0.717) is 18.5 Å². The van der Waals surface area contributed by atoms with Crippen LogP contribution in [0.2, 0.25) is 0 Å². The number of benzene rings is 3. The van der Waals surface area contributed by atoms with E-state index in [2.05, 4.69) is 34.9 Å². The lowest BCUT2D eigenvalue weighted by Crippen LogP contribution is -2.42. The first kappa shape index (κ1) is 22.7. The molecule has 0 bridgehead atoms. The number of carboxylic acids is 1. The fourth-order valence-electron chi connectivity index (χ4n) is 5.20. The minimum absolute atomic E-state index is 0.0302. The summed E-state index contributed by atoms with van der Waals surface area (Å²) in [6.07, 6.45) is 1.59. The van der Waals surface area contributed by atoms with Crippen LogP contribution in [-0.4, -0.2) is 35.7 Å². The number of carbonyl (C=O) groups is 3. The first-order valence-electron chi connectivity index (χ1n) is 11.8. The van der Waals surface area contributed by atoms with Gasteiger partial charge in [-0.25, -0.2) is 9.59 Å². The van der Waals surface area contributed by atoms with Crippen molar-refractivity contribution >= 4 is 23.7 Å². The summed E-state index contributed by atoms with van der Waals surface area (Å²) in [5.74, 6) is -1.74. The molecule has 178 valence electrons. The van der Waals surface area contributed by atoms with Crippen LogP contribution in [0, 0.1) is 5.92 Å². The van der Waals surface area contributed by atoms with Gasteiger partial charge in [-0.2, -0.15) is 0 Å². The van der Waals surface area contributed by atoms with Crippen molar-refractivity contribution in [3.63, 3.8) is 0 Å². The molecule has 0 radical (unpaired) electrons. The molecular formula is C28H26N2O5. The molecule has 0 saturated heterocycles. The van der Waals surface area contributed by atoms with Crippen molar-refractivity contribution in [2.75, 3.05) is 11.9 Å². The number of fused-ring (bicyclic) bond motifs is 3. The highest BCUT2D eigenvalue weighted by Crippen LogP contribution is 2.44. The number of anilines is 1. The molecule has 3 N–H and O–H groups in total. The van der Waals surface area contributed by atoms with Crippen LogP contribution in [0.15, 0.2) is 72.8 Å². The van der Waals surface area contributed by atoms with Crippen molar-refractivity contribution in [1.82, 2.24) is 5.32 Å². The molecule has 3 aromatic rings. The van der Waals surface area contributed by atoms with E-state index in [9.17, 15) is 14.4 Å². The maximum Gasteiger partial charge on any atom is 0.407 e. The highest BCUT2D eigenvalue weighted by molar-refractivity contribution is 5.95. The topological polar surface area (TPSA) is 105 Å². The molecule has 1 saturated carbocycles. The van der Waals surface area contributed by atoms with Crippen LogP contribution in [0.25, 0.3) is 11.1 Å². The largest absolute Gasteiger partial charge is 0.478 e. The predicted molar refractivity (Wildman–Crippen MR) is 131 cm³/mol. The van der Waals surface area contributed by atoms with Gasteiger partial charge in [0.05, 0.1) is 11.5 Å². The van der Waals surface area contributed by atoms with Crippen molar-refractivity contribution in [2.24, 2.45) is 5.92 Å². The van der Waals surface area contributed by atoms with E-state index in [-0.39, 0.29) is 30.0 Å². The molecule has 0 aromatic heterocycles. The SMILES string of the molecule is O=C(N[C@H]1CCC[C@H]1C(=O)Nc1cccc(C(=O)O)c1)OCC1c2ccccc2-c2ccccc21. The summed E-state index contributed by atoms with van der Waals surface area (Å²) in [4.78, 5) is 36.8. The van der Waals surface area contributed by atoms with Crippen LogP contribution in [0.1, 0.15) is 46.7 Å². The van der Waals surface area contributed by atoms with Crippen LogP contribution < -0.4 is 10.6 Å². The number of hydrogen-bond acceptors (Lipinski definition) is 4. The Hall–Kier alpha value is -4.13. The summed E-state index contributed by atoms with van der Waals surface area (Å²) in [7, 11) is 0. The number of amides is 2. The zero-order chi connectivity index (χ0) is 24.4. The summed E-state index contributed by atoms with van der Waals surface area (Å²) in [5, 5.41) is 14.8. The maximum atomic E-state index is 12.9. The first-order valence-corrected chi connectivity index (χ1v) is 11.8. The lowest BCUT2D eigenvalue weighted by Gasteiger charge is -2.21. The second kappa shape index (κ2) is 9.62. The Morgan fingerprint density at radius 1 is 0.886 bits per heavy atom. The number of carbonyl (C=O) groups excluding carboxylic acids is 2. The summed E-state index contributed by atoms with van der Waals surface area (Å²) in [6, 6.07) is 22.1. The molecule has 2 aliphatic carbocycles. The van der Waals surface area contributed by atoms with E-state index in [4.69, 9.17) is 9.84 Å². The Balaban J connectivity index is 1.21. The molecule has 1 fully saturated rings. The molecule has 3 aromatic carbocycles. The van der Waals surface area contributed by atoms with Crippen molar-refractivity contribution < 1.29 is 24.2 Å². The average Bonchev–Trinajstić information content (AvgIpc) is 3.45. The minimum atomic E-state index is -1.06. The number of hydrogen-bond donors (Lipinski definition) is 3. The zero-order valence-corrected chi connectivity index (χ0v) is 19.1. The summed E-state index contributed by atoms with van der Waals surface area (Å²) in [5.41, 5.74) is 5.13. The van der Waals surface area contributed by atoms with Crippen LogP contribution in [0.3, 0.4) is 0 Å². The monoisotopic (exact) mass is 470 g/mol. The number of nitrogens with one attached hydrogen (secondary N) is 2. The molecule has 0 spiro atoms. The highest BCUT2D eigenvalue weighted by atomic mass is 16.5. The fourth-order valence-corrected chi connectivity index (χ4v) is 5.20. The normalized spacial score (nSPS) is 18.4. The zero-order valence-electron chi connectivity index (χ0n) is 19.1. The Labute approximate surface area is 203 Å².